The third kappa shape index (κ3) is 6.83. The number of thiazole rings is 1. The van der Waals surface area contributed by atoms with Gasteiger partial charge in [0.2, 0.25) is 11.8 Å². The van der Waals surface area contributed by atoms with E-state index in [4.69, 9.17) is 26.1 Å². The number of para-hydroxylation sites is 1. The Balaban J connectivity index is 1.37. The van der Waals surface area contributed by atoms with E-state index in [1.54, 1.807) is 54.6 Å². The van der Waals surface area contributed by atoms with Crippen LogP contribution in [0.1, 0.15) is 34.6 Å². The van der Waals surface area contributed by atoms with Crippen LogP contribution in [-0.2, 0) is 20.9 Å². The Kier molecular flexibility index (Phi) is 9.88. The zero-order chi connectivity index (χ0) is 33.8. The normalized spacial score (nSPS) is 16.0. The number of carbonyl (C=O) groups is 4. The second-order valence-corrected chi connectivity index (χ2v) is 12.8. The number of ketones is 1. The fraction of sp³-hybridized carbons (Fsp3) is 0.250. The molecule has 1 aromatic heterocycles. The first kappa shape index (κ1) is 32.9. The first-order valence-corrected chi connectivity index (χ1v) is 16.7. The Labute approximate surface area is 286 Å². The molecule has 0 radical (unpaired) electrons. The van der Waals surface area contributed by atoms with E-state index in [2.05, 4.69) is 11.4 Å². The topological polar surface area (TPSA) is 118 Å². The van der Waals surface area contributed by atoms with Crippen LogP contribution in [0, 0.1) is 5.92 Å². The van der Waals surface area contributed by atoms with Crippen LogP contribution in [0.3, 0.4) is 0 Å². The number of aromatic nitrogens is 1. The molecule has 3 aromatic carbocycles. The number of methoxy groups -OCH3 is 2. The number of hydrogen-bond donors (Lipinski definition) is 1. The Bertz CT molecular complexity index is 1890. The van der Waals surface area contributed by atoms with Gasteiger partial charge in [0.25, 0.3) is 11.7 Å². The van der Waals surface area contributed by atoms with Crippen LogP contribution in [0.5, 0.6) is 11.5 Å². The summed E-state index contributed by atoms with van der Waals surface area (Å²) in [6.07, 6.45) is 6.06. The fourth-order valence-electron chi connectivity index (χ4n) is 6.08. The molecule has 1 aliphatic carbocycles. The van der Waals surface area contributed by atoms with Gasteiger partial charge in [0.1, 0.15) is 29.1 Å². The lowest BCUT2D eigenvalue weighted by atomic mass is 9.86. The summed E-state index contributed by atoms with van der Waals surface area (Å²) in [6.45, 7) is -0.415. The largest absolute Gasteiger partial charge is 0.497 e. The van der Waals surface area contributed by atoms with E-state index in [0.29, 0.717) is 51.4 Å². The Morgan fingerprint density at radius 1 is 1.06 bits per heavy atom. The summed E-state index contributed by atoms with van der Waals surface area (Å²) in [5, 5.41) is 6.08. The number of anilines is 2. The smallest absolute Gasteiger partial charge is 0.299 e. The summed E-state index contributed by atoms with van der Waals surface area (Å²) in [5.74, 6) is -1.64. The van der Waals surface area contributed by atoms with E-state index in [9.17, 15) is 19.2 Å². The van der Waals surface area contributed by atoms with Gasteiger partial charge in [0.05, 0.1) is 43.4 Å². The average Bonchev–Trinajstić information content (AvgIpc) is 3.67. The van der Waals surface area contributed by atoms with E-state index < -0.39 is 36.1 Å². The summed E-state index contributed by atoms with van der Waals surface area (Å²) in [4.78, 5) is 62.3. The van der Waals surface area contributed by atoms with Crippen molar-refractivity contribution in [2.45, 2.75) is 31.8 Å². The number of hydrogen-bond acceptors (Lipinski definition) is 8. The maximum absolute atomic E-state index is 14.5. The average molecular weight is 685 g/mol. The highest BCUT2D eigenvalue weighted by Gasteiger charge is 2.41. The first-order chi connectivity index (χ1) is 23.3. The Morgan fingerprint density at radius 2 is 1.85 bits per heavy atom. The van der Waals surface area contributed by atoms with E-state index >= 15 is 0 Å². The number of fused-ring (bicyclic) bond motifs is 1. The number of nitrogens with zero attached hydrogens (tertiary/aromatic N) is 3. The number of Topliss-reactive ketones (excluding diaryl/α,β-unsaturated/α-hetero) is 1. The first-order valence-electron chi connectivity index (χ1n) is 15.4. The van der Waals surface area contributed by atoms with Gasteiger partial charge >= 0.3 is 0 Å². The van der Waals surface area contributed by atoms with Crippen molar-refractivity contribution in [3.63, 3.8) is 0 Å². The van der Waals surface area contributed by atoms with Gasteiger partial charge in [-0.25, -0.2) is 4.98 Å². The minimum absolute atomic E-state index is 0.00671. The molecule has 246 valence electrons. The van der Waals surface area contributed by atoms with Gasteiger partial charge < -0.3 is 19.7 Å². The summed E-state index contributed by atoms with van der Waals surface area (Å²) >= 11 is 7.46. The molecule has 1 aliphatic heterocycles. The highest BCUT2D eigenvalue weighted by molar-refractivity contribution is 7.09. The lowest BCUT2D eigenvalue weighted by Crippen LogP contribution is -2.54. The van der Waals surface area contributed by atoms with E-state index in [1.165, 1.54) is 35.4 Å². The highest BCUT2D eigenvalue weighted by Crippen LogP contribution is 2.34. The molecule has 12 heteroatoms. The number of amides is 3. The maximum Gasteiger partial charge on any atom is 0.299 e. The van der Waals surface area contributed by atoms with E-state index in [-0.39, 0.29) is 18.0 Å². The van der Waals surface area contributed by atoms with Crippen molar-refractivity contribution in [3.05, 3.63) is 99.9 Å². The van der Waals surface area contributed by atoms with Gasteiger partial charge in [-0.3, -0.25) is 24.1 Å². The van der Waals surface area contributed by atoms with Crippen molar-refractivity contribution in [3.8, 4) is 22.8 Å². The zero-order valence-electron chi connectivity index (χ0n) is 26.4. The molecule has 2 unspecified atom stereocenters. The van der Waals surface area contributed by atoms with Crippen LogP contribution >= 0.6 is 22.9 Å². The third-order valence-corrected chi connectivity index (χ3v) is 9.60. The Hall–Kier alpha value is -5.00. The summed E-state index contributed by atoms with van der Waals surface area (Å²) < 4.78 is 10.9. The number of carbonyl (C=O) groups excluding carboxylic acids is 4. The second-order valence-electron chi connectivity index (χ2n) is 11.4. The molecule has 1 N–H and O–H groups in total. The van der Waals surface area contributed by atoms with Crippen molar-refractivity contribution in [1.29, 1.82) is 0 Å². The van der Waals surface area contributed by atoms with Crippen LogP contribution in [-0.4, -0.2) is 60.2 Å². The molecule has 2 heterocycles. The van der Waals surface area contributed by atoms with Gasteiger partial charge in [-0.1, -0.05) is 48.0 Å². The molecule has 0 fully saturated rings. The molecule has 0 saturated carbocycles. The summed E-state index contributed by atoms with van der Waals surface area (Å²) in [7, 11) is 3.04. The molecular formula is C36H33ClN4O6S. The standard InChI is InChI=1S/C36H33ClN4O6S/c1-46-25-16-17-27(30(18-25)47-2)39-35(44)33(23-8-4-3-5-9-23)41(19-31-38-28(21-48-31)22-12-14-24(37)15-13-22)32(42)20-40-29-11-7-6-10-26(29)34(43)36(40)45/h3-4,6-7,10-18,21,23,33H,5,8-9,19-20H2,1-2H3,(H,39,44). The Morgan fingerprint density at radius 3 is 2.58 bits per heavy atom. The van der Waals surface area contributed by atoms with Crippen LogP contribution < -0.4 is 19.7 Å². The number of halogens is 1. The quantitative estimate of drug-likeness (QED) is 0.143. The molecule has 2 atom stereocenters. The molecule has 0 saturated heterocycles. The van der Waals surface area contributed by atoms with Crippen molar-refractivity contribution >= 4 is 57.8 Å². The second kappa shape index (κ2) is 14.4. The van der Waals surface area contributed by atoms with Crippen LogP contribution in [0.25, 0.3) is 11.3 Å². The van der Waals surface area contributed by atoms with Crippen molar-refractivity contribution in [2.75, 3.05) is 31.0 Å². The number of allylic oxidation sites excluding steroid dienone is 2. The molecule has 2 aliphatic rings. The minimum atomic E-state index is -0.944. The molecular weight excluding hydrogens is 652 g/mol. The van der Waals surface area contributed by atoms with Gasteiger partial charge in [-0.15, -0.1) is 11.3 Å². The lowest BCUT2D eigenvalue weighted by molar-refractivity contribution is -0.140. The van der Waals surface area contributed by atoms with Gasteiger partial charge in [-0.2, -0.15) is 0 Å². The number of nitrogens with one attached hydrogen (secondary N) is 1. The molecule has 0 spiro atoms. The molecule has 0 bridgehead atoms. The van der Waals surface area contributed by atoms with Crippen molar-refractivity contribution in [1.82, 2.24) is 9.88 Å². The number of ether oxygens (including phenoxy) is 2. The van der Waals surface area contributed by atoms with E-state index in [0.717, 1.165) is 12.0 Å². The van der Waals surface area contributed by atoms with Crippen molar-refractivity contribution in [2.24, 2.45) is 5.92 Å². The predicted octanol–water partition coefficient (Wildman–Crippen LogP) is 6.40. The molecule has 48 heavy (non-hydrogen) atoms. The van der Waals surface area contributed by atoms with Crippen LogP contribution in [0.4, 0.5) is 11.4 Å². The molecule has 10 nitrogen and oxygen atoms in total. The number of rotatable bonds is 11. The SMILES string of the molecule is COc1ccc(NC(=O)C(C2CC=CCC2)N(Cc2nc(-c3ccc(Cl)cc3)cs2)C(=O)CN2C(=O)C(=O)c3ccccc32)c(OC)c1. The van der Waals surface area contributed by atoms with Gasteiger partial charge in [0, 0.05) is 22.0 Å². The monoisotopic (exact) mass is 684 g/mol. The highest BCUT2D eigenvalue weighted by atomic mass is 35.5. The maximum atomic E-state index is 14.5. The van der Waals surface area contributed by atoms with Crippen LogP contribution in [0.2, 0.25) is 5.02 Å². The fourth-order valence-corrected chi connectivity index (χ4v) is 7.00. The van der Waals surface area contributed by atoms with Gasteiger partial charge in [0.15, 0.2) is 0 Å². The third-order valence-electron chi connectivity index (χ3n) is 8.52. The summed E-state index contributed by atoms with van der Waals surface area (Å²) in [6, 6.07) is 18.0. The minimum Gasteiger partial charge on any atom is -0.497 e. The van der Waals surface area contributed by atoms with Crippen molar-refractivity contribution < 1.29 is 28.7 Å². The zero-order valence-corrected chi connectivity index (χ0v) is 27.9. The molecule has 3 amide bonds. The summed E-state index contributed by atoms with van der Waals surface area (Å²) in [5.41, 5.74) is 2.59. The van der Waals surface area contributed by atoms with Gasteiger partial charge in [-0.05, 0) is 61.6 Å². The van der Waals surface area contributed by atoms with Crippen LogP contribution in [0.15, 0.2) is 84.3 Å². The molecule has 4 aromatic rings. The molecule has 6 rings (SSSR count). The lowest BCUT2D eigenvalue weighted by Gasteiger charge is -2.37. The number of benzene rings is 3. The predicted molar refractivity (Wildman–Crippen MR) is 185 cm³/mol. The van der Waals surface area contributed by atoms with E-state index in [1.807, 2.05) is 23.6 Å².